The summed E-state index contributed by atoms with van der Waals surface area (Å²) in [7, 11) is -0.803. The maximum absolute atomic E-state index is 12.3. The number of hydrogen-bond donors (Lipinski definition) is 1. The van der Waals surface area contributed by atoms with Gasteiger partial charge < -0.3 is 5.11 Å². The summed E-state index contributed by atoms with van der Waals surface area (Å²) in [6, 6.07) is 0. The second kappa shape index (κ2) is 16.3. The Morgan fingerprint density at radius 3 is 1.64 bits per heavy atom. The van der Waals surface area contributed by atoms with E-state index in [0.717, 1.165) is 37.9 Å². The lowest BCUT2D eigenvalue weighted by Crippen LogP contribution is -2.34. The average molecular weight is 373 g/mol. The molecule has 2 unspecified atom stereocenters. The molecule has 1 saturated carbocycles. The molecule has 0 aromatic heterocycles. The van der Waals surface area contributed by atoms with E-state index < -0.39 is 10.8 Å². The first kappa shape index (κ1) is 23.1. The van der Waals surface area contributed by atoms with Gasteiger partial charge in [0.2, 0.25) is 0 Å². The molecule has 0 saturated heterocycles. The maximum Gasteiger partial charge on any atom is 0.0683 e. The highest BCUT2D eigenvalue weighted by Crippen LogP contribution is 2.23. The Bertz CT molecular complexity index is 319. The largest absolute Gasteiger partial charge is 0.392 e. The molecule has 25 heavy (non-hydrogen) atoms. The number of aliphatic hydroxyl groups excluding tert-OH is 1. The molecular weight excluding hydrogens is 328 g/mol. The van der Waals surface area contributed by atoms with Crippen molar-refractivity contribution in [2.75, 3.05) is 5.75 Å². The summed E-state index contributed by atoms with van der Waals surface area (Å²) >= 11 is 0. The Morgan fingerprint density at radius 1 is 0.720 bits per heavy atom. The summed E-state index contributed by atoms with van der Waals surface area (Å²) in [5, 5.41) is 10.0. The van der Waals surface area contributed by atoms with Crippen LogP contribution in [-0.4, -0.2) is 26.4 Å². The van der Waals surface area contributed by atoms with E-state index in [1.54, 1.807) is 0 Å². The molecule has 3 heteroatoms. The van der Waals surface area contributed by atoms with Crippen LogP contribution < -0.4 is 0 Å². The molecule has 0 aliphatic heterocycles. The molecule has 1 N–H and O–H groups in total. The van der Waals surface area contributed by atoms with Crippen LogP contribution in [0.25, 0.3) is 0 Å². The van der Waals surface area contributed by atoms with Crippen LogP contribution in [0.1, 0.15) is 122 Å². The van der Waals surface area contributed by atoms with Crippen molar-refractivity contribution in [3.8, 4) is 0 Å². The minimum absolute atomic E-state index is 0.0655. The van der Waals surface area contributed by atoms with Crippen LogP contribution in [0.3, 0.4) is 0 Å². The molecule has 0 aromatic rings. The SMILES string of the molecule is CCCCCCCCCCCCCCCC[S@@](=O)C1CCCCC1O. The van der Waals surface area contributed by atoms with Crippen LogP contribution in [0.5, 0.6) is 0 Å². The second-order valence-electron chi connectivity index (χ2n) is 8.07. The summed E-state index contributed by atoms with van der Waals surface area (Å²) in [5.41, 5.74) is 0. The summed E-state index contributed by atoms with van der Waals surface area (Å²) < 4.78 is 12.3. The summed E-state index contributed by atoms with van der Waals surface area (Å²) in [6.07, 6.45) is 22.8. The van der Waals surface area contributed by atoms with E-state index in [1.807, 2.05) is 0 Å². The molecule has 0 amide bonds. The van der Waals surface area contributed by atoms with Crippen molar-refractivity contribution in [2.24, 2.45) is 0 Å². The first-order valence-electron chi connectivity index (χ1n) is 11.3. The average Bonchev–Trinajstić information content (AvgIpc) is 2.62. The minimum atomic E-state index is -0.803. The molecular formula is C22H44O2S. The van der Waals surface area contributed by atoms with Gasteiger partial charge >= 0.3 is 0 Å². The van der Waals surface area contributed by atoms with Crippen molar-refractivity contribution < 1.29 is 9.32 Å². The van der Waals surface area contributed by atoms with Crippen LogP contribution in [0.2, 0.25) is 0 Å². The zero-order chi connectivity index (χ0) is 18.2. The van der Waals surface area contributed by atoms with Gasteiger partial charge in [0.1, 0.15) is 0 Å². The van der Waals surface area contributed by atoms with E-state index in [1.165, 1.54) is 83.5 Å². The minimum Gasteiger partial charge on any atom is -0.392 e. The molecule has 3 atom stereocenters. The first-order valence-corrected chi connectivity index (χ1v) is 12.7. The number of unbranched alkanes of at least 4 members (excludes halogenated alkanes) is 13. The first-order chi connectivity index (χ1) is 12.3. The molecule has 0 bridgehead atoms. The zero-order valence-electron chi connectivity index (χ0n) is 16.9. The highest BCUT2D eigenvalue weighted by Gasteiger charge is 2.27. The van der Waals surface area contributed by atoms with Crippen molar-refractivity contribution in [2.45, 2.75) is 134 Å². The molecule has 1 fully saturated rings. The third-order valence-electron chi connectivity index (χ3n) is 5.70. The molecule has 150 valence electrons. The van der Waals surface area contributed by atoms with Gasteiger partial charge in [0.15, 0.2) is 0 Å². The zero-order valence-corrected chi connectivity index (χ0v) is 17.7. The van der Waals surface area contributed by atoms with E-state index in [4.69, 9.17) is 0 Å². The molecule has 1 aliphatic rings. The lowest BCUT2D eigenvalue weighted by atomic mass is 9.97. The summed E-state index contributed by atoms with van der Waals surface area (Å²) in [5.74, 6) is 0.805. The highest BCUT2D eigenvalue weighted by atomic mass is 32.2. The van der Waals surface area contributed by atoms with Gasteiger partial charge in [-0.05, 0) is 19.3 Å². The van der Waals surface area contributed by atoms with Gasteiger partial charge in [-0.15, -0.1) is 0 Å². The van der Waals surface area contributed by atoms with Gasteiger partial charge in [-0.25, -0.2) is 0 Å². The second-order valence-corrected chi connectivity index (χ2v) is 9.85. The Morgan fingerprint density at radius 2 is 1.16 bits per heavy atom. The quantitative estimate of drug-likeness (QED) is 0.313. The maximum atomic E-state index is 12.3. The monoisotopic (exact) mass is 372 g/mol. The smallest absolute Gasteiger partial charge is 0.0683 e. The van der Waals surface area contributed by atoms with Crippen molar-refractivity contribution in [3.05, 3.63) is 0 Å². The van der Waals surface area contributed by atoms with Gasteiger partial charge in [-0.2, -0.15) is 0 Å². The van der Waals surface area contributed by atoms with E-state index in [2.05, 4.69) is 6.92 Å². The van der Waals surface area contributed by atoms with Crippen LogP contribution in [0.15, 0.2) is 0 Å². The third-order valence-corrected chi connectivity index (χ3v) is 7.62. The van der Waals surface area contributed by atoms with Crippen LogP contribution >= 0.6 is 0 Å². The standard InChI is InChI=1S/C22H44O2S/c1-2-3-4-5-6-7-8-9-10-11-12-13-14-17-20-25(24)22-19-16-15-18-21(22)23/h21-23H,2-20H2,1H3/t21?,22?,25-/m1/s1. The number of hydrogen-bond acceptors (Lipinski definition) is 2. The van der Waals surface area contributed by atoms with Crippen molar-refractivity contribution in [3.63, 3.8) is 0 Å². The molecule has 0 aromatic carbocycles. The van der Waals surface area contributed by atoms with Crippen molar-refractivity contribution >= 4 is 10.8 Å². The highest BCUT2D eigenvalue weighted by molar-refractivity contribution is 7.85. The third kappa shape index (κ3) is 12.2. The fraction of sp³-hybridized carbons (Fsp3) is 1.00. The Balaban J connectivity index is 1.80. The Hall–Kier alpha value is 0.110. The molecule has 1 rings (SSSR count). The van der Waals surface area contributed by atoms with Crippen LogP contribution in [-0.2, 0) is 10.8 Å². The van der Waals surface area contributed by atoms with Crippen LogP contribution in [0.4, 0.5) is 0 Å². The van der Waals surface area contributed by atoms with Gasteiger partial charge in [-0.3, -0.25) is 4.21 Å². The van der Waals surface area contributed by atoms with Gasteiger partial charge in [0, 0.05) is 16.6 Å². The molecule has 0 radical (unpaired) electrons. The number of rotatable bonds is 16. The summed E-state index contributed by atoms with van der Waals surface area (Å²) in [6.45, 7) is 2.28. The Kier molecular flexibility index (Phi) is 15.1. The van der Waals surface area contributed by atoms with E-state index in [0.29, 0.717) is 0 Å². The fourth-order valence-electron chi connectivity index (χ4n) is 3.97. The normalized spacial score (nSPS) is 22.2. The molecule has 0 heterocycles. The molecule has 1 aliphatic carbocycles. The predicted octanol–water partition coefficient (Wildman–Crippen LogP) is 6.52. The molecule has 2 nitrogen and oxygen atoms in total. The predicted molar refractivity (Wildman–Crippen MR) is 112 cm³/mol. The van der Waals surface area contributed by atoms with E-state index in [9.17, 15) is 9.32 Å². The fourth-order valence-corrected chi connectivity index (χ4v) is 5.68. The van der Waals surface area contributed by atoms with Gasteiger partial charge in [-0.1, -0.05) is 103 Å². The van der Waals surface area contributed by atoms with Gasteiger partial charge in [0.05, 0.1) is 11.4 Å². The van der Waals surface area contributed by atoms with Crippen molar-refractivity contribution in [1.82, 2.24) is 0 Å². The van der Waals surface area contributed by atoms with Crippen LogP contribution in [0, 0.1) is 0 Å². The molecule has 0 spiro atoms. The van der Waals surface area contributed by atoms with E-state index in [-0.39, 0.29) is 11.4 Å². The Labute approximate surface area is 160 Å². The topological polar surface area (TPSA) is 37.3 Å². The number of aliphatic hydroxyl groups is 1. The lowest BCUT2D eigenvalue weighted by molar-refractivity contribution is 0.135. The lowest BCUT2D eigenvalue weighted by Gasteiger charge is -2.26. The van der Waals surface area contributed by atoms with E-state index >= 15 is 0 Å². The summed E-state index contributed by atoms with van der Waals surface area (Å²) in [4.78, 5) is 0. The van der Waals surface area contributed by atoms with Gasteiger partial charge in [0.25, 0.3) is 0 Å². The van der Waals surface area contributed by atoms with Crippen molar-refractivity contribution in [1.29, 1.82) is 0 Å².